The summed E-state index contributed by atoms with van der Waals surface area (Å²) in [5, 5.41) is 11.0. The summed E-state index contributed by atoms with van der Waals surface area (Å²) in [5.74, 6) is 1.41. The molecule has 0 aliphatic heterocycles. The van der Waals surface area contributed by atoms with Gasteiger partial charge in [-0.25, -0.2) is 0 Å². The highest BCUT2D eigenvalue weighted by molar-refractivity contribution is 5.80. The molecule has 4 aliphatic carbocycles. The van der Waals surface area contributed by atoms with Crippen LogP contribution in [0.4, 0.5) is 0 Å². The van der Waals surface area contributed by atoms with E-state index in [1.54, 1.807) is 28.2 Å². The molecule has 0 heterocycles. The fraction of sp³-hybridized carbons (Fsp3) is 0.472. The van der Waals surface area contributed by atoms with Crippen LogP contribution in [0.5, 0.6) is 0 Å². The maximum atomic E-state index is 11.6. The van der Waals surface area contributed by atoms with Gasteiger partial charge < -0.3 is 21.3 Å². The maximum Gasteiger partial charge on any atom is 0.223 e. The fourth-order valence-corrected chi connectivity index (χ4v) is 9.45. The normalized spacial score (nSPS) is 19.1. The second kappa shape index (κ2) is 23.1. The number of hydrogen-bond donors (Lipinski definition) is 4. The van der Waals surface area contributed by atoms with Crippen LogP contribution in [0.25, 0.3) is 0 Å². The van der Waals surface area contributed by atoms with Gasteiger partial charge in [-0.15, -0.1) is 0 Å². The van der Waals surface area contributed by atoms with Crippen LogP contribution in [0, 0.1) is 51.4 Å². The Morgan fingerprint density at radius 3 is 1.34 bits per heavy atom. The Hall–Kier alpha value is -5.24. The Morgan fingerprint density at radius 1 is 0.410 bits per heavy atom. The molecule has 8 heteroatoms. The number of benzene rings is 4. The molecule has 0 saturated heterocycles. The average Bonchev–Trinajstić information content (AvgIpc) is 3.28. The van der Waals surface area contributed by atoms with Crippen molar-refractivity contribution in [1.82, 2.24) is 21.3 Å². The van der Waals surface area contributed by atoms with Gasteiger partial charge in [0, 0.05) is 51.9 Å². The number of carbonyl (C=O) groups excluding carboxylic acids is 4. The lowest BCUT2D eigenvalue weighted by Gasteiger charge is -2.24. The molecule has 0 aromatic heterocycles. The molecule has 8 nitrogen and oxygen atoms in total. The molecule has 0 bridgehead atoms. The molecule has 8 rings (SSSR count). The van der Waals surface area contributed by atoms with Crippen LogP contribution in [0.2, 0.25) is 0 Å². The lowest BCUT2D eigenvalue weighted by atomic mass is 9.81. The molecule has 61 heavy (non-hydrogen) atoms. The van der Waals surface area contributed by atoms with E-state index in [0.717, 1.165) is 77.0 Å². The summed E-state index contributed by atoms with van der Waals surface area (Å²) in [4.78, 5) is 46.2. The molecule has 4 aromatic carbocycles. The van der Waals surface area contributed by atoms with Crippen LogP contribution in [0.15, 0.2) is 72.8 Å². The highest BCUT2D eigenvalue weighted by atomic mass is 16.2. The van der Waals surface area contributed by atoms with Gasteiger partial charge in [-0.05, 0) is 160 Å². The molecule has 4 atom stereocenters. The van der Waals surface area contributed by atoms with Gasteiger partial charge in [0.15, 0.2) is 0 Å². The van der Waals surface area contributed by atoms with Gasteiger partial charge >= 0.3 is 0 Å². The highest BCUT2D eigenvalue weighted by Gasteiger charge is 2.27. The first-order valence-corrected chi connectivity index (χ1v) is 22.0. The third-order valence-corrected chi connectivity index (χ3v) is 13.1. The maximum absolute atomic E-state index is 11.6. The number of aryl methyl sites for hydroxylation is 7. The first kappa shape index (κ1) is 48.4. The van der Waals surface area contributed by atoms with Crippen molar-refractivity contribution in [3.63, 3.8) is 0 Å². The van der Waals surface area contributed by atoms with Crippen LogP contribution in [-0.4, -0.2) is 51.8 Å². The second-order valence-electron chi connectivity index (χ2n) is 17.2. The fourth-order valence-electron chi connectivity index (χ4n) is 9.45. The van der Waals surface area contributed by atoms with E-state index in [1.165, 1.54) is 66.8 Å². The molecule has 4 unspecified atom stereocenters. The van der Waals surface area contributed by atoms with Crippen molar-refractivity contribution in [3.05, 3.63) is 140 Å². The third-order valence-electron chi connectivity index (χ3n) is 13.1. The van der Waals surface area contributed by atoms with Crippen molar-refractivity contribution >= 4 is 23.6 Å². The van der Waals surface area contributed by atoms with Gasteiger partial charge in [-0.3, -0.25) is 19.2 Å². The van der Waals surface area contributed by atoms with Gasteiger partial charge in [0.2, 0.25) is 23.6 Å². The quantitative estimate of drug-likeness (QED) is 0.167. The molecule has 4 amide bonds. The van der Waals surface area contributed by atoms with E-state index < -0.39 is 0 Å². The first-order chi connectivity index (χ1) is 28.8. The predicted molar refractivity (Wildman–Crippen MR) is 250 cm³/mol. The van der Waals surface area contributed by atoms with Gasteiger partial charge in [0.05, 0.1) is 0 Å². The van der Waals surface area contributed by atoms with E-state index >= 15 is 0 Å². The molecule has 328 valence electrons. The molecule has 0 radical (unpaired) electrons. The topological polar surface area (TPSA) is 116 Å². The van der Waals surface area contributed by atoms with Gasteiger partial charge in [-0.2, -0.15) is 0 Å². The second-order valence-corrected chi connectivity index (χ2v) is 17.2. The smallest absolute Gasteiger partial charge is 0.223 e. The van der Waals surface area contributed by atoms with E-state index in [9.17, 15) is 19.2 Å². The molecule has 4 aliphatic rings. The molecule has 0 fully saturated rings. The van der Waals surface area contributed by atoms with E-state index in [2.05, 4.69) is 122 Å². The Balaban J connectivity index is 0.000000178. The van der Waals surface area contributed by atoms with Crippen molar-refractivity contribution in [2.75, 3.05) is 28.2 Å². The van der Waals surface area contributed by atoms with Crippen LogP contribution in [0.3, 0.4) is 0 Å². The largest absolute Gasteiger partial charge is 0.359 e. The standard InChI is InChI=1S/4C13H17NO.CH4/c1-9-3-4-11-8-12(13(15)14-2)6-5-10(11)7-9;1-9-3-4-10-5-6-11(13(15)14-2)8-12(10)7-9;1-9-4-3-5-10-8-11(13(15)14-2)6-7-12(9)10;1-9-4-3-5-10-6-7-11(8-12(9)10)13(15)14-2;/h3-4,7,12H,5-6,8H2,1-2H3,(H,14,15);3-4,7,11H,5-6,8H2,1-2H3,(H,14,15);2*3-5,11H,6-8H2,1-2H3,(H,14,15);1H4. The summed E-state index contributed by atoms with van der Waals surface area (Å²) in [6.45, 7) is 8.50. The highest BCUT2D eigenvalue weighted by Crippen LogP contribution is 2.30. The van der Waals surface area contributed by atoms with Crippen molar-refractivity contribution in [2.45, 2.75) is 112 Å². The van der Waals surface area contributed by atoms with Crippen LogP contribution in [-0.2, 0) is 70.5 Å². The van der Waals surface area contributed by atoms with E-state index in [1.807, 2.05) is 0 Å². The minimum absolute atomic E-state index is 0. The first-order valence-electron chi connectivity index (χ1n) is 22.0. The third kappa shape index (κ3) is 12.9. The minimum atomic E-state index is 0. The van der Waals surface area contributed by atoms with E-state index in [0.29, 0.717) is 0 Å². The van der Waals surface area contributed by atoms with Crippen molar-refractivity contribution in [3.8, 4) is 0 Å². The number of carbonyl (C=O) groups is 4. The van der Waals surface area contributed by atoms with Gasteiger partial charge in [0.1, 0.15) is 0 Å². The summed E-state index contributed by atoms with van der Waals surface area (Å²) in [6.07, 6.45) is 11.7. The Morgan fingerprint density at radius 2 is 0.803 bits per heavy atom. The summed E-state index contributed by atoms with van der Waals surface area (Å²) in [7, 11) is 6.87. The summed E-state index contributed by atoms with van der Waals surface area (Å²) >= 11 is 0. The van der Waals surface area contributed by atoms with E-state index in [-0.39, 0.29) is 54.7 Å². The zero-order valence-electron chi connectivity index (χ0n) is 37.4. The SMILES string of the molecule is C.CNC(=O)C1CCc2c(C)cccc2C1.CNC(=O)C1CCc2cc(C)ccc2C1.CNC(=O)C1CCc2ccc(C)cc2C1.CNC(=O)C1CCc2cccc(C)c2C1. The summed E-state index contributed by atoms with van der Waals surface area (Å²) in [6, 6.07) is 25.9. The lowest BCUT2D eigenvalue weighted by molar-refractivity contribution is -0.125. The molecule has 4 N–H and O–H groups in total. The number of nitrogens with one attached hydrogen (secondary N) is 4. The number of amides is 4. The number of rotatable bonds is 4. The molecule has 0 saturated carbocycles. The zero-order valence-corrected chi connectivity index (χ0v) is 37.4. The Kier molecular flexibility index (Phi) is 18.3. The average molecular weight is 829 g/mol. The van der Waals surface area contributed by atoms with Gasteiger partial charge in [0.25, 0.3) is 0 Å². The molecular weight excluding hydrogens is 757 g/mol. The lowest BCUT2D eigenvalue weighted by Crippen LogP contribution is -2.31. The van der Waals surface area contributed by atoms with Crippen molar-refractivity contribution in [2.24, 2.45) is 23.7 Å². The predicted octanol–water partition coefficient (Wildman–Crippen LogP) is 8.02. The molecule has 0 spiro atoms. The Labute approximate surface area is 366 Å². The minimum Gasteiger partial charge on any atom is -0.359 e. The van der Waals surface area contributed by atoms with Crippen molar-refractivity contribution in [1.29, 1.82) is 0 Å². The number of fused-ring (bicyclic) bond motifs is 4. The van der Waals surface area contributed by atoms with Crippen LogP contribution >= 0.6 is 0 Å². The molecule has 4 aromatic rings. The van der Waals surface area contributed by atoms with Crippen LogP contribution < -0.4 is 21.3 Å². The monoisotopic (exact) mass is 829 g/mol. The Bertz CT molecular complexity index is 2120. The number of hydrogen-bond acceptors (Lipinski definition) is 4. The van der Waals surface area contributed by atoms with Crippen LogP contribution in [0.1, 0.15) is 99.9 Å². The molecular formula is C53H72N4O4. The van der Waals surface area contributed by atoms with E-state index in [4.69, 9.17) is 0 Å². The zero-order chi connectivity index (χ0) is 43.3. The van der Waals surface area contributed by atoms with Crippen molar-refractivity contribution < 1.29 is 19.2 Å². The van der Waals surface area contributed by atoms with Gasteiger partial charge in [-0.1, -0.05) is 91.3 Å². The summed E-state index contributed by atoms with van der Waals surface area (Å²) in [5.41, 5.74) is 16.5. The summed E-state index contributed by atoms with van der Waals surface area (Å²) < 4.78 is 0.